The van der Waals surface area contributed by atoms with Crippen molar-refractivity contribution < 1.29 is 4.42 Å². The third-order valence-electron chi connectivity index (χ3n) is 6.46. The van der Waals surface area contributed by atoms with Gasteiger partial charge in [-0.05, 0) is 47.5 Å². The number of hydrogen-bond donors (Lipinski definition) is 0. The Balaban J connectivity index is 1.53. The zero-order chi connectivity index (χ0) is 21.9. The number of rotatable bonds is 2. The molecule has 0 bridgehead atoms. The van der Waals surface area contributed by atoms with E-state index < -0.39 is 0 Å². The molecule has 2 nitrogen and oxygen atoms in total. The van der Waals surface area contributed by atoms with E-state index in [0.717, 1.165) is 37.6 Å². The SMILES string of the molecule is Brc1ccc2c3cc4c(cc3n(-c3ccc(-c5ccccc5)cc3)c2c1)oc1ccccc14. The first kappa shape index (κ1) is 18.7. The molecule has 156 valence electrons. The van der Waals surface area contributed by atoms with Crippen LogP contribution >= 0.6 is 15.9 Å². The molecule has 0 saturated heterocycles. The third kappa shape index (κ3) is 2.86. The lowest BCUT2D eigenvalue weighted by atomic mass is 10.1. The molecule has 2 heterocycles. The van der Waals surface area contributed by atoms with Crippen molar-refractivity contribution in [1.29, 1.82) is 0 Å². The van der Waals surface area contributed by atoms with Gasteiger partial charge in [-0.3, -0.25) is 0 Å². The Kier molecular flexibility index (Phi) is 4.02. The van der Waals surface area contributed by atoms with Gasteiger partial charge in [-0.15, -0.1) is 0 Å². The van der Waals surface area contributed by atoms with Crippen LogP contribution in [0.2, 0.25) is 0 Å². The summed E-state index contributed by atoms with van der Waals surface area (Å²) in [6.45, 7) is 0. The number of halogens is 1. The average molecular weight is 488 g/mol. The highest BCUT2D eigenvalue weighted by Gasteiger charge is 2.16. The van der Waals surface area contributed by atoms with Gasteiger partial charge in [0.15, 0.2) is 0 Å². The van der Waals surface area contributed by atoms with Crippen LogP contribution in [0.3, 0.4) is 0 Å². The Morgan fingerprint density at radius 1 is 0.515 bits per heavy atom. The molecular weight excluding hydrogens is 470 g/mol. The van der Waals surface area contributed by atoms with Crippen LogP contribution in [0, 0.1) is 0 Å². The molecule has 7 rings (SSSR count). The maximum Gasteiger partial charge on any atom is 0.137 e. The summed E-state index contributed by atoms with van der Waals surface area (Å²) in [7, 11) is 0. The summed E-state index contributed by atoms with van der Waals surface area (Å²) < 4.78 is 9.62. The molecule has 7 aromatic rings. The molecule has 0 saturated carbocycles. The van der Waals surface area contributed by atoms with Crippen LogP contribution in [0.5, 0.6) is 0 Å². The molecule has 0 aliphatic rings. The molecule has 3 heteroatoms. The second-order valence-corrected chi connectivity index (χ2v) is 9.29. The van der Waals surface area contributed by atoms with Gasteiger partial charge in [-0.1, -0.05) is 82.7 Å². The van der Waals surface area contributed by atoms with E-state index in [1.807, 2.05) is 18.2 Å². The molecule has 0 unspecified atom stereocenters. The van der Waals surface area contributed by atoms with Gasteiger partial charge < -0.3 is 8.98 Å². The predicted octanol–water partition coefficient (Wildman–Crippen LogP) is 9.11. The highest BCUT2D eigenvalue weighted by atomic mass is 79.9. The van der Waals surface area contributed by atoms with Crippen LogP contribution in [0.1, 0.15) is 0 Å². The summed E-state index contributed by atoms with van der Waals surface area (Å²) in [5.74, 6) is 0. The molecule has 33 heavy (non-hydrogen) atoms. The largest absolute Gasteiger partial charge is 0.456 e. The van der Waals surface area contributed by atoms with Crippen LogP contribution in [0.4, 0.5) is 0 Å². The molecule has 0 radical (unpaired) electrons. The number of furan rings is 1. The molecule has 0 N–H and O–H groups in total. The number of para-hydroxylation sites is 1. The van der Waals surface area contributed by atoms with Crippen molar-refractivity contribution in [2.24, 2.45) is 0 Å². The zero-order valence-electron chi connectivity index (χ0n) is 17.6. The molecule has 0 spiro atoms. The van der Waals surface area contributed by atoms with Gasteiger partial charge in [0.1, 0.15) is 11.2 Å². The highest BCUT2D eigenvalue weighted by molar-refractivity contribution is 9.10. The van der Waals surface area contributed by atoms with Crippen molar-refractivity contribution in [3.8, 4) is 16.8 Å². The van der Waals surface area contributed by atoms with Crippen molar-refractivity contribution in [3.63, 3.8) is 0 Å². The van der Waals surface area contributed by atoms with Crippen LogP contribution in [-0.2, 0) is 0 Å². The van der Waals surface area contributed by atoms with Crippen molar-refractivity contribution in [2.75, 3.05) is 0 Å². The van der Waals surface area contributed by atoms with E-state index in [1.165, 1.54) is 27.4 Å². The normalized spacial score (nSPS) is 11.8. The molecule has 0 aliphatic carbocycles. The van der Waals surface area contributed by atoms with Crippen molar-refractivity contribution in [1.82, 2.24) is 4.57 Å². The second kappa shape index (κ2) is 7.09. The molecule has 5 aromatic carbocycles. The van der Waals surface area contributed by atoms with Crippen molar-refractivity contribution >= 4 is 59.7 Å². The lowest BCUT2D eigenvalue weighted by Gasteiger charge is -2.09. The molecule has 0 atom stereocenters. The fraction of sp³-hybridized carbons (Fsp3) is 0. The van der Waals surface area contributed by atoms with Crippen molar-refractivity contribution in [2.45, 2.75) is 0 Å². The van der Waals surface area contributed by atoms with Gasteiger partial charge in [0, 0.05) is 37.8 Å². The van der Waals surface area contributed by atoms with Crippen LogP contribution < -0.4 is 0 Å². The average Bonchev–Trinajstić information content (AvgIpc) is 3.37. The summed E-state index contributed by atoms with van der Waals surface area (Å²) in [6.07, 6.45) is 0. The minimum atomic E-state index is 0.910. The number of benzene rings is 5. The van der Waals surface area contributed by atoms with Crippen LogP contribution in [0.25, 0.3) is 60.6 Å². The van der Waals surface area contributed by atoms with Gasteiger partial charge in [-0.2, -0.15) is 0 Å². The first-order valence-corrected chi connectivity index (χ1v) is 11.8. The first-order valence-electron chi connectivity index (χ1n) is 11.0. The second-order valence-electron chi connectivity index (χ2n) is 8.37. The first-order chi connectivity index (χ1) is 16.3. The van der Waals surface area contributed by atoms with Gasteiger partial charge in [0.05, 0.1) is 11.0 Å². The Bertz CT molecular complexity index is 1810. The number of hydrogen-bond acceptors (Lipinski definition) is 1. The van der Waals surface area contributed by atoms with E-state index in [2.05, 4.69) is 111 Å². The van der Waals surface area contributed by atoms with E-state index in [0.29, 0.717) is 0 Å². The van der Waals surface area contributed by atoms with Crippen LogP contribution in [0.15, 0.2) is 118 Å². The van der Waals surface area contributed by atoms with Gasteiger partial charge in [0.25, 0.3) is 0 Å². The Labute approximate surface area is 198 Å². The number of nitrogens with zero attached hydrogens (tertiary/aromatic N) is 1. The summed E-state index contributed by atoms with van der Waals surface area (Å²) in [4.78, 5) is 0. The molecule has 0 amide bonds. The maximum absolute atomic E-state index is 6.23. The van der Waals surface area contributed by atoms with Gasteiger partial charge >= 0.3 is 0 Å². The van der Waals surface area contributed by atoms with E-state index in [9.17, 15) is 0 Å². The van der Waals surface area contributed by atoms with Gasteiger partial charge in [0.2, 0.25) is 0 Å². The smallest absolute Gasteiger partial charge is 0.137 e. The third-order valence-corrected chi connectivity index (χ3v) is 6.95. The maximum atomic E-state index is 6.23. The minimum Gasteiger partial charge on any atom is -0.456 e. The van der Waals surface area contributed by atoms with Crippen molar-refractivity contribution in [3.05, 3.63) is 114 Å². The summed E-state index contributed by atoms with van der Waals surface area (Å²) >= 11 is 3.68. The Morgan fingerprint density at radius 2 is 1.24 bits per heavy atom. The zero-order valence-corrected chi connectivity index (χ0v) is 19.2. The monoisotopic (exact) mass is 487 g/mol. The van der Waals surface area contributed by atoms with Crippen LogP contribution in [-0.4, -0.2) is 4.57 Å². The Morgan fingerprint density at radius 3 is 2.09 bits per heavy atom. The fourth-order valence-electron chi connectivity index (χ4n) is 4.92. The predicted molar refractivity (Wildman–Crippen MR) is 141 cm³/mol. The fourth-order valence-corrected chi connectivity index (χ4v) is 5.27. The quantitative estimate of drug-likeness (QED) is 0.237. The summed E-state index contributed by atoms with van der Waals surface area (Å²) in [6, 6.07) is 38.5. The van der Waals surface area contributed by atoms with E-state index >= 15 is 0 Å². The standard InChI is InChI=1S/C30H18BrNO/c31-21-12-15-23-25-17-26-24-8-4-5-9-29(24)33-30(26)18-28(25)32(27(23)16-21)22-13-10-20(11-14-22)19-6-2-1-3-7-19/h1-18H. The lowest BCUT2D eigenvalue weighted by molar-refractivity contribution is 0.669. The molecule has 2 aromatic heterocycles. The molecule has 0 aliphatic heterocycles. The number of aromatic nitrogens is 1. The lowest BCUT2D eigenvalue weighted by Crippen LogP contribution is -1.93. The topological polar surface area (TPSA) is 18.1 Å². The van der Waals surface area contributed by atoms with E-state index in [1.54, 1.807) is 0 Å². The Hall–Kier alpha value is -3.82. The van der Waals surface area contributed by atoms with E-state index in [-0.39, 0.29) is 0 Å². The summed E-state index contributed by atoms with van der Waals surface area (Å²) in [5.41, 5.74) is 7.70. The summed E-state index contributed by atoms with van der Waals surface area (Å²) in [5, 5.41) is 4.76. The van der Waals surface area contributed by atoms with Gasteiger partial charge in [-0.25, -0.2) is 0 Å². The minimum absolute atomic E-state index is 0.910. The molecular formula is C30H18BrNO. The molecule has 0 fully saturated rings. The van der Waals surface area contributed by atoms with E-state index in [4.69, 9.17) is 4.42 Å². The highest BCUT2D eigenvalue weighted by Crippen LogP contribution is 2.39. The number of fused-ring (bicyclic) bond motifs is 6.